The fraction of sp³-hybridized carbons (Fsp3) is 0.286. The van der Waals surface area contributed by atoms with Gasteiger partial charge in [-0.1, -0.05) is 36.4 Å². The Morgan fingerprint density at radius 3 is 2.80 bits per heavy atom. The molecule has 0 heterocycles. The highest BCUT2D eigenvalue weighted by Crippen LogP contribution is 2.32. The Morgan fingerprint density at radius 1 is 1.07 bits per heavy atom. The molecule has 1 aliphatic rings. The Kier molecular flexibility index (Phi) is 2.00. The molecule has 1 aliphatic carbocycles. The van der Waals surface area contributed by atoms with Gasteiger partial charge in [0.15, 0.2) is 0 Å². The average Bonchev–Trinajstić information content (AvgIpc) is 2.72. The van der Waals surface area contributed by atoms with Crippen LogP contribution >= 0.6 is 0 Å². The lowest BCUT2D eigenvalue weighted by atomic mass is 10.0. The van der Waals surface area contributed by atoms with Crippen molar-refractivity contribution in [2.24, 2.45) is 11.7 Å². The number of hydrogen-bond donors (Lipinski definition) is 1. The largest absolute Gasteiger partial charge is 0.330 e. The second-order valence-corrected chi connectivity index (χ2v) is 4.43. The van der Waals surface area contributed by atoms with Crippen LogP contribution in [0.25, 0.3) is 10.8 Å². The van der Waals surface area contributed by atoms with Gasteiger partial charge in [-0.25, -0.2) is 0 Å². The van der Waals surface area contributed by atoms with E-state index < -0.39 is 0 Å². The van der Waals surface area contributed by atoms with E-state index in [2.05, 4.69) is 36.4 Å². The molecule has 2 aromatic carbocycles. The van der Waals surface area contributed by atoms with Gasteiger partial charge in [0, 0.05) is 0 Å². The molecule has 0 saturated carbocycles. The van der Waals surface area contributed by atoms with Gasteiger partial charge in [-0.2, -0.15) is 0 Å². The first-order chi connectivity index (χ1) is 7.38. The summed E-state index contributed by atoms with van der Waals surface area (Å²) in [5, 5.41) is 2.78. The summed E-state index contributed by atoms with van der Waals surface area (Å²) in [6.07, 6.45) is 2.32. The number of benzene rings is 2. The SMILES string of the molecule is NCC1Cc2ccc3ccccc3c2C1. The summed E-state index contributed by atoms with van der Waals surface area (Å²) >= 11 is 0. The zero-order valence-corrected chi connectivity index (χ0v) is 8.74. The molecule has 3 rings (SSSR count). The average molecular weight is 197 g/mol. The fourth-order valence-electron chi connectivity index (χ4n) is 2.65. The van der Waals surface area contributed by atoms with Crippen molar-refractivity contribution in [3.05, 3.63) is 47.5 Å². The van der Waals surface area contributed by atoms with Crippen LogP contribution in [0.2, 0.25) is 0 Å². The lowest BCUT2D eigenvalue weighted by Gasteiger charge is -2.04. The normalized spacial score (nSPS) is 19.4. The van der Waals surface area contributed by atoms with Crippen LogP contribution in [-0.2, 0) is 12.8 Å². The zero-order chi connectivity index (χ0) is 10.3. The Morgan fingerprint density at radius 2 is 1.93 bits per heavy atom. The summed E-state index contributed by atoms with van der Waals surface area (Å²) in [7, 11) is 0. The number of nitrogens with two attached hydrogens (primary N) is 1. The van der Waals surface area contributed by atoms with E-state index >= 15 is 0 Å². The summed E-state index contributed by atoms with van der Waals surface area (Å²) < 4.78 is 0. The maximum Gasteiger partial charge on any atom is -0.00425 e. The minimum absolute atomic E-state index is 0.658. The first-order valence-electron chi connectivity index (χ1n) is 5.58. The van der Waals surface area contributed by atoms with Gasteiger partial charge in [0.05, 0.1) is 0 Å². The molecule has 2 N–H and O–H groups in total. The minimum atomic E-state index is 0.658. The van der Waals surface area contributed by atoms with Gasteiger partial charge in [-0.05, 0) is 47.2 Å². The molecule has 2 aromatic rings. The van der Waals surface area contributed by atoms with Crippen molar-refractivity contribution in [3.8, 4) is 0 Å². The molecular weight excluding hydrogens is 182 g/mol. The molecule has 1 atom stereocenters. The first kappa shape index (κ1) is 8.93. The molecule has 0 fully saturated rings. The highest BCUT2D eigenvalue weighted by Gasteiger charge is 2.21. The molecule has 0 bridgehead atoms. The Balaban J connectivity index is 2.20. The van der Waals surface area contributed by atoms with E-state index in [9.17, 15) is 0 Å². The second kappa shape index (κ2) is 3.35. The highest BCUT2D eigenvalue weighted by molar-refractivity contribution is 5.87. The quantitative estimate of drug-likeness (QED) is 0.747. The second-order valence-electron chi connectivity index (χ2n) is 4.43. The lowest BCUT2D eigenvalue weighted by molar-refractivity contribution is 0.576. The van der Waals surface area contributed by atoms with Crippen LogP contribution in [0.4, 0.5) is 0 Å². The predicted molar refractivity (Wildman–Crippen MR) is 63.9 cm³/mol. The standard InChI is InChI=1S/C14H15N/c15-9-10-7-12-6-5-11-3-1-2-4-13(11)14(12)8-10/h1-6,10H,7-9,15H2. The minimum Gasteiger partial charge on any atom is -0.330 e. The van der Waals surface area contributed by atoms with E-state index in [4.69, 9.17) is 5.73 Å². The van der Waals surface area contributed by atoms with Crippen molar-refractivity contribution in [3.63, 3.8) is 0 Å². The summed E-state index contributed by atoms with van der Waals surface area (Å²) in [6, 6.07) is 13.1. The van der Waals surface area contributed by atoms with Crippen LogP contribution in [0.1, 0.15) is 11.1 Å². The van der Waals surface area contributed by atoms with Crippen molar-refractivity contribution in [1.29, 1.82) is 0 Å². The van der Waals surface area contributed by atoms with Crippen molar-refractivity contribution < 1.29 is 0 Å². The highest BCUT2D eigenvalue weighted by atomic mass is 14.6. The molecule has 0 spiro atoms. The van der Waals surface area contributed by atoms with Gasteiger partial charge >= 0.3 is 0 Å². The third-order valence-electron chi connectivity index (χ3n) is 3.47. The topological polar surface area (TPSA) is 26.0 Å². The first-order valence-corrected chi connectivity index (χ1v) is 5.58. The third-order valence-corrected chi connectivity index (χ3v) is 3.47. The molecule has 15 heavy (non-hydrogen) atoms. The van der Waals surface area contributed by atoms with E-state index in [0.29, 0.717) is 5.92 Å². The van der Waals surface area contributed by atoms with Crippen LogP contribution in [0.15, 0.2) is 36.4 Å². The van der Waals surface area contributed by atoms with Gasteiger partial charge in [0.2, 0.25) is 0 Å². The molecule has 1 unspecified atom stereocenters. The molecule has 1 nitrogen and oxygen atoms in total. The molecular formula is C14H15N. The van der Waals surface area contributed by atoms with E-state index in [-0.39, 0.29) is 0 Å². The summed E-state index contributed by atoms with van der Waals surface area (Å²) in [4.78, 5) is 0. The van der Waals surface area contributed by atoms with Crippen molar-refractivity contribution in [1.82, 2.24) is 0 Å². The number of fused-ring (bicyclic) bond motifs is 3. The Hall–Kier alpha value is -1.34. The molecule has 0 aliphatic heterocycles. The molecule has 0 saturated heterocycles. The molecule has 1 heteroatoms. The van der Waals surface area contributed by atoms with Gasteiger partial charge in [0.1, 0.15) is 0 Å². The molecule has 0 aromatic heterocycles. The monoisotopic (exact) mass is 197 g/mol. The molecule has 76 valence electrons. The zero-order valence-electron chi connectivity index (χ0n) is 8.74. The summed E-state index contributed by atoms with van der Waals surface area (Å²) in [5.74, 6) is 0.658. The molecule has 0 amide bonds. The van der Waals surface area contributed by atoms with Gasteiger partial charge in [-0.15, -0.1) is 0 Å². The molecule has 0 radical (unpaired) electrons. The summed E-state index contributed by atoms with van der Waals surface area (Å²) in [6.45, 7) is 0.809. The van der Waals surface area contributed by atoms with Gasteiger partial charge in [0.25, 0.3) is 0 Å². The lowest BCUT2D eigenvalue weighted by Crippen LogP contribution is -2.13. The maximum atomic E-state index is 5.76. The Labute approximate surface area is 89.9 Å². The van der Waals surface area contributed by atoms with Crippen LogP contribution in [-0.4, -0.2) is 6.54 Å². The maximum absolute atomic E-state index is 5.76. The van der Waals surface area contributed by atoms with Crippen molar-refractivity contribution in [2.45, 2.75) is 12.8 Å². The van der Waals surface area contributed by atoms with Crippen LogP contribution in [0.5, 0.6) is 0 Å². The van der Waals surface area contributed by atoms with Crippen LogP contribution in [0.3, 0.4) is 0 Å². The van der Waals surface area contributed by atoms with Crippen LogP contribution < -0.4 is 5.73 Å². The van der Waals surface area contributed by atoms with Crippen molar-refractivity contribution in [2.75, 3.05) is 6.54 Å². The van der Waals surface area contributed by atoms with E-state index in [1.54, 1.807) is 0 Å². The van der Waals surface area contributed by atoms with Crippen LogP contribution in [0, 0.1) is 5.92 Å². The fourth-order valence-corrected chi connectivity index (χ4v) is 2.65. The van der Waals surface area contributed by atoms with Crippen molar-refractivity contribution >= 4 is 10.8 Å². The number of hydrogen-bond acceptors (Lipinski definition) is 1. The van der Waals surface area contributed by atoms with Gasteiger partial charge < -0.3 is 5.73 Å². The Bertz CT molecular complexity index is 502. The van der Waals surface area contributed by atoms with E-state index in [1.807, 2.05) is 0 Å². The smallest absolute Gasteiger partial charge is 0.00425 e. The van der Waals surface area contributed by atoms with E-state index in [1.165, 1.54) is 21.9 Å². The predicted octanol–water partition coefficient (Wildman–Crippen LogP) is 2.51. The third kappa shape index (κ3) is 1.35. The summed E-state index contributed by atoms with van der Waals surface area (Å²) in [5.41, 5.74) is 8.79. The van der Waals surface area contributed by atoms with E-state index in [0.717, 1.165) is 19.4 Å². The number of rotatable bonds is 1. The van der Waals surface area contributed by atoms with Gasteiger partial charge in [-0.3, -0.25) is 0 Å².